The Balaban J connectivity index is 1.75. The van der Waals surface area contributed by atoms with Gasteiger partial charge in [0, 0.05) is 17.5 Å². The number of carbonyl (C=O) groups is 3. The highest BCUT2D eigenvalue weighted by atomic mass is 127. The summed E-state index contributed by atoms with van der Waals surface area (Å²) in [6.45, 7) is 4.99. The Morgan fingerprint density at radius 3 is 2.46 bits per heavy atom. The molecule has 3 amide bonds. The van der Waals surface area contributed by atoms with Gasteiger partial charge in [0.05, 0.1) is 11.8 Å². The Labute approximate surface area is 233 Å². The number of amides is 3. The van der Waals surface area contributed by atoms with Gasteiger partial charge in [-0.15, -0.1) is 0 Å². The lowest BCUT2D eigenvalue weighted by atomic mass is 9.85. The van der Waals surface area contributed by atoms with Gasteiger partial charge in [-0.05, 0) is 61.4 Å². The van der Waals surface area contributed by atoms with Crippen LogP contribution in [0.2, 0.25) is 0 Å². The first kappa shape index (κ1) is 28.7. The Hall–Kier alpha value is -2.88. The number of nitrogens with one attached hydrogen (secondary N) is 1. The molecule has 0 aliphatic carbocycles. The minimum atomic E-state index is -0.589. The molecule has 0 bridgehead atoms. The number of benzene rings is 2. The van der Waals surface area contributed by atoms with Crippen LogP contribution in [0.25, 0.3) is 0 Å². The number of nitrogens with two attached hydrogens (primary N) is 1. The van der Waals surface area contributed by atoms with E-state index in [1.807, 2.05) is 68.4 Å². The van der Waals surface area contributed by atoms with Crippen molar-refractivity contribution in [3.8, 4) is 11.5 Å². The molecule has 8 heteroatoms. The predicted octanol–water partition coefficient (Wildman–Crippen LogP) is 5.19. The molecule has 3 rings (SSSR count). The molecule has 0 spiro atoms. The van der Waals surface area contributed by atoms with Gasteiger partial charge in [-0.1, -0.05) is 72.8 Å². The summed E-state index contributed by atoms with van der Waals surface area (Å²) < 4.78 is 6.40. The molecule has 0 radical (unpaired) electrons. The summed E-state index contributed by atoms with van der Waals surface area (Å²) in [6.07, 6.45) is 4.81. The Morgan fingerprint density at radius 1 is 1.05 bits per heavy atom. The molecule has 1 aliphatic rings. The van der Waals surface area contributed by atoms with Gasteiger partial charge >= 0.3 is 0 Å². The first-order valence-electron chi connectivity index (χ1n) is 12.8. The second-order valence-corrected chi connectivity index (χ2v) is 10.7. The van der Waals surface area contributed by atoms with Crippen LogP contribution in [0, 0.1) is 17.8 Å². The van der Waals surface area contributed by atoms with Gasteiger partial charge in [-0.3, -0.25) is 14.4 Å². The third-order valence-electron chi connectivity index (χ3n) is 6.34. The quantitative estimate of drug-likeness (QED) is 0.268. The summed E-state index contributed by atoms with van der Waals surface area (Å²) in [5.74, 6) is -0.587. The van der Waals surface area contributed by atoms with Crippen molar-refractivity contribution in [3.63, 3.8) is 0 Å². The number of ether oxygens (including phenoxy) is 1. The zero-order chi connectivity index (χ0) is 26.8. The van der Waals surface area contributed by atoms with Crippen LogP contribution in [0.1, 0.15) is 45.1 Å². The second kappa shape index (κ2) is 14.2. The number of primary amides is 1. The van der Waals surface area contributed by atoms with Crippen LogP contribution in [0.5, 0.6) is 11.5 Å². The highest BCUT2D eigenvalue weighted by Gasteiger charge is 2.33. The van der Waals surface area contributed by atoms with Crippen molar-refractivity contribution >= 4 is 40.3 Å². The first-order chi connectivity index (χ1) is 17.8. The standard InChI is InChI=1S/C29H36IN3O4/c1-20(2)16-24(25(18-30)27(31)34)28(35)32-26-14-7-4-8-15-33(29(26)36)19-21-10-9-13-23(17-21)37-22-11-5-3-6-12-22/h3,5-6,9-14,17,20,24-25H,4,7-8,15-16,18-19H2,1-2H3,(H2,31,34)(H,32,35)/t24?,25-/m0/s1. The molecule has 0 saturated carbocycles. The normalized spacial score (nSPS) is 15.8. The summed E-state index contributed by atoms with van der Waals surface area (Å²) in [6, 6.07) is 17.2. The minimum absolute atomic E-state index is 0.199. The van der Waals surface area contributed by atoms with Crippen molar-refractivity contribution in [2.75, 3.05) is 11.0 Å². The number of hydrogen-bond acceptors (Lipinski definition) is 4. The van der Waals surface area contributed by atoms with E-state index in [-0.39, 0.29) is 23.4 Å². The van der Waals surface area contributed by atoms with E-state index >= 15 is 0 Å². The first-order valence-corrected chi connectivity index (χ1v) is 14.3. The summed E-state index contributed by atoms with van der Waals surface area (Å²) in [4.78, 5) is 40.7. The number of para-hydroxylation sites is 1. The molecule has 3 N–H and O–H groups in total. The number of alkyl halides is 1. The van der Waals surface area contributed by atoms with E-state index in [2.05, 4.69) is 27.9 Å². The summed E-state index contributed by atoms with van der Waals surface area (Å²) >= 11 is 2.09. The van der Waals surface area contributed by atoms with Gasteiger partial charge in [0.15, 0.2) is 0 Å². The topological polar surface area (TPSA) is 102 Å². The summed E-state index contributed by atoms with van der Waals surface area (Å²) in [7, 11) is 0. The van der Waals surface area contributed by atoms with E-state index in [1.165, 1.54) is 0 Å². The Morgan fingerprint density at radius 2 is 1.78 bits per heavy atom. The monoisotopic (exact) mass is 617 g/mol. The molecule has 1 heterocycles. The highest BCUT2D eigenvalue weighted by molar-refractivity contribution is 14.1. The van der Waals surface area contributed by atoms with E-state index < -0.39 is 17.7 Å². The van der Waals surface area contributed by atoms with Crippen molar-refractivity contribution < 1.29 is 19.1 Å². The van der Waals surface area contributed by atoms with Crippen LogP contribution in [0.4, 0.5) is 0 Å². The molecule has 7 nitrogen and oxygen atoms in total. The van der Waals surface area contributed by atoms with Gasteiger partial charge in [0.25, 0.3) is 5.91 Å². The summed E-state index contributed by atoms with van der Waals surface area (Å²) in [5.41, 5.74) is 6.82. The van der Waals surface area contributed by atoms with E-state index in [0.717, 1.165) is 24.2 Å². The zero-order valence-corrected chi connectivity index (χ0v) is 23.6. The third kappa shape index (κ3) is 8.59. The van der Waals surface area contributed by atoms with Crippen molar-refractivity contribution in [1.29, 1.82) is 0 Å². The van der Waals surface area contributed by atoms with E-state index in [0.29, 0.717) is 36.1 Å². The van der Waals surface area contributed by atoms with Gasteiger partial charge < -0.3 is 20.7 Å². The fraction of sp³-hybridized carbons (Fsp3) is 0.414. The molecule has 0 aromatic heterocycles. The molecule has 198 valence electrons. The van der Waals surface area contributed by atoms with E-state index in [4.69, 9.17) is 10.5 Å². The zero-order valence-electron chi connectivity index (χ0n) is 21.5. The van der Waals surface area contributed by atoms with Crippen LogP contribution in [-0.2, 0) is 20.9 Å². The van der Waals surface area contributed by atoms with Crippen LogP contribution in [0.3, 0.4) is 0 Å². The number of carbonyl (C=O) groups excluding carboxylic acids is 3. The van der Waals surface area contributed by atoms with Crippen LogP contribution >= 0.6 is 22.6 Å². The predicted molar refractivity (Wildman–Crippen MR) is 153 cm³/mol. The number of allylic oxidation sites excluding steroid dienone is 1. The Kier molecular flexibility index (Phi) is 11.0. The van der Waals surface area contributed by atoms with E-state index in [9.17, 15) is 14.4 Å². The van der Waals surface area contributed by atoms with Gasteiger partial charge in [-0.25, -0.2) is 0 Å². The average molecular weight is 618 g/mol. The van der Waals surface area contributed by atoms with Crippen LogP contribution in [0.15, 0.2) is 66.4 Å². The fourth-order valence-electron chi connectivity index (χ4n) is 4.43. The molecule has 0 saturated heterocycles. The molecule has 2 atom stereocenters. The minimum Gasteiger partial charge on any atom is -0.457 e. The molecule has 2 aromatic carbocycles. The maximum atomic E-state index is 13.6. The molecular weight excluding hydrogens is 581 g/mol. The van der Waals surface area contributed by atoms with Crippen molar-refractivity contribution in [2.45, 2.75) is 46.1 Å². The lowest BCUT2D eigenvalue weighted by Gasteiger charge is -2.28. The smallest absolute Gasteiger partial charge is 0.270 e. The van der Waals surface area contributed by atoms with E-state index in [1.54, 1.807) is 11.0 Å². The molecule has 2 aromatic rings. The Bertz CT molecular complexity index is 1100. The number of hydrogen-bond donors (Lipinski definition) is 2. The number of rotatable bonds is 11. The maximum absolute atomic E-state index is 13.6. The number of halogens is 1. The molecule has 1 unspecified atom stereocenters. The van der Waals surface area contributed by atoms with Gasteiger partial charge in [0.2, 0.25) is 11.8 Å². The highest BCUT2D eigenvalue weighted by Crippen LogP contribution is 2.25. The fourth-order valence-corrected chi connectivity index (χ4v) is 5.48. The van der Waals surface area contributed by atoms with Gasteiger partial charge in [-0.2, -0.15) is 0 Å². The molecule has 0 fully saturated rings. The molecular formula is C29H36IN3O4. The van der Waals surface area contributed by atoms with Crippen molar-refractivity contribution in [3.05, 3.63) is 71.9 Å². The summed E-state index contributed by atoms with van der Waals surface area (Å²) in [5, 5.41) is 2.87. The van der Waals surface area contributed by atoms with Crippen LogP contribution < -0.4 is 15.8 Å². The lowest BCUT2D eigenvalue weighted by molar-refractivity contribution is -0.134. The second-order valence-electron chi connectivity index (χ2n) is 9.79. The molecule has 37 heavy (non-hydrogen) atoms. The maximum Gasteiger partial charge on any atom is 0.270 e. The average Bonchev–Trinajstić information content (AvgIpc) is 2.86. The number of nitrogens with zero attached hydrogens (tertiary/aromatic N) is 1. The van der Waals surface area contributed by atoms with Crippen molar-refractivity contribution in [1.82, 2.24) is 10.2 Å². The van der Waals surface area contributed by atoms with Gasteiger partial charge in [0.1, 0.15) is 17.2 Å². The SMILES string of the molecule is CC(C)CC(C(=O)NC1=CCCCCN(Cc2cccc(Oc3ccccc3)c2)C1=O)[C@H](CI)C(N)=O. The molecule has 1 aliphatic heterocycles. The van der Waals surface area contributed by atoms with Crippen molar-refractivity contribution in [2.24, 2.45) is 23.5 Å². The van der Waals surface area contributed by atoms with Crippen LogP contribution in [-0.4, -0.2) is 33.6 Å². The lowest BCUT2D eigenvalue weighted by Crippen LogP contribution is -2.45. The third-order valence-corrected chi connectivity index (χ3v) is 7.29. The largest absolute Gasteiger partial charge is 0.457 e.